The highest BCUT2D eigenvalue weighted by Gasteiger charge is 2.07. The number of aliphatic imine (C=N–C) groups is 1. The van der Waals surface area contributed by atoms with Crippen molar-refractivity contribution in [2.75, 3.05) is 6.54 Å². The van der Waals surface area contributed by atoms with Crippen molar-refractivity contribution in [2.24, 2.45) is 4.99 Å². The lowest BCUT2D eigenvalue weighted by Gasteiger charge is -1.97. The number of hydrogen-bond donors (Lipinski definition) is 0. The first-order valence-corrected chi connectivity index (χ1v) is 2.90. The molecule has 1 aromatic rings. The molecule has 0 N–H and O–H groups in total. The van der Waals surface area contributed by atoms with Gasteiger partial charge >= 0.3 is 0 Å². The van der Waals surface area contributed by atoms with Crippen molar-refractivity contribution in [1.29, 1.82) is 0 Å². The zero-order valence-corrected chi connectivity index (χ0v) is 4.87. The van der Waals surface area contributed by atoms with Gasteiger partial charge in [-0.1, -0.05) is 5.16 Å². The Morgan fingerprint density at radius 3 is 3.44 bits per heavy atom. The van der Waals surface area contributed by atoms with Crippen LogP contribution in [0, 0.1) is 0 Å². The second kappa shape index (κ2) is 1.69. The van der Waals surface area contributed by atoms with Gasteiger partial charge in [0.1, 0.15) is 0 Å². The van der Waals surface area contributed by atoms with E-state index in [1.165, 1.54) is 5.56 Å². The van der Waals surface area contributed by atoms with Crippen LogP contribution in [0.3, 0.4) is 0 Å². The lowest BCUT2D eigenvalue weighted by molar-refractivity contribution is 0.413. The third-order valence-electron chi connectivity index (χ3n) is 1.39. The number of rotatable bonds is 0. The maximum Gasteiger partial charge on any atom is 0.180 e. The van der Waals surface area contributed by atoms with Crippen molar-refractivity contribution in [3.05, 3.63) is 17.5 Å². The van der Waals surface area contributed by atoms with Crippen LogP contribution in [0.1, 0.15) is 11.3 Å². The van der Waals surface area contributed by atoms with E-state index in [4.69, 9.17) is 4.52 Å². The quantitative estimate of drug-likeness (QED) is 0.506. The summed E-state index contributed by atoms with van der Waals surface area (Å²) in [7, 11) is 0. The van der Waals surface area contributed by atoms with Gasteiger partial charge in [0.15, 0.2) is 5.76 Å². The van der Waals surface area contributed by atoms with Gasteiger partial charge in [-0.05, 0) is 6.42 Å². The summed E-state index contributed by atoms with van der Waals surface area (Å²) in [6.07, 6.45) is 4.45. The fourth-order valence-corrected chi connectivity index (χ4v) is 0.896. The average Bonchev–Trinajstić information content (AvgIpc) is 2.33. The van der Waals surface area contributed by atoms with Crippen molar-refractivity contribution in [1.82, 2.24) is 5.16 Å². The van der Waals surface area contributed by atoms with Gasteiger partial charge in [0, 0.05) is 12.1 Å². The van der Waals surface area contributed by atoms with Gasteiger partial charge in [-0.25, -0.2) is 0 Å². The Bertz CT molecular complexity index is 239. The molecule has 0 spiro atoms. The van der Waals surface area contributed by atoms with Crippen molar-refractivity contribution in [3.63, 3.8) is 0 Å². The van der Waals surface area contributed by atoms with Crippen molar-refractivity contribution >= 4 is 6.21 Å². The molecule has 1 aromatic heterocycles. The summed E-state index contributed by atoms with van der Waals surface area (Å²) in [6, 6.07) is 0. The number of hydrogen-bond acceptors (Lipinski definition) is 3. The van der Waals surface area contributed by atoms with E-state index < -0.39 is 0 Å². The molecule has 0 amide bonds. The summed E-state index contributed by atoms with van der Waals surface area (Å²) in [5.74, 6) is 0.821. The van der Waals surface area contributed by atoms with Crippen LogP contribution in [-0.4, -0.2) is 17.9 Å². The van der Waals surface area contributed by atoms with Gasteiger partial charge in [0.25, 0.3) is 0 Å². The molecule has 0 saturated carbocycles. The Morgan fingerprint density at radius 1 is 1.56 bits per heavy atom. The molecule has 0 fully saturated rings. The highest BCUT2D eigenvalue weighted by atomic mass is 16.5. The molecule has 46 valence electrons. The van der Waals surface area contributed by atoms with Gasteiger partial charge in [0.2, 0.25) is 0 Å². The molecule has 1 aliphatic heterocycles. The zero-order valence-electron chi connectivity index (χ0n) is 4.87. The molecule has 0 atom stereocenters. The Morgan fingerprint density at radius 2 is 2.56 bits per heavy atom. The van der Waals surface area contributed by atoms with E-state index >= 15 is 0 Å². The van der Waals surface area contributed by atoms with Crippen molar-refractivity contribution < 1.29 is 4.52 Å². The van der Waals surface area contributed by atoms with E-state index in [1.807, 2.05) is 0 Å². The van der Waals surface area contributed by atoms with Crippen LogP contribution in [0.25, 0.3) is 0 Å². The Kier molecular flexibility index (Phi) is 0.886. The van der Waals surface area contributed by atoms with Crippen molar-refractivity contribution in [2.45, 2.75) is 6.42 Å². The Balaban J connectivity index is 2.53. The predicted molar refractivity (Wildman–Crippen MR) is 32.7 cm³/mol. The monoisotopic (exact) mass is 122 g/mol. The maximum atomic E-state index is 4.86. The van der Waals surface area contributed by atoms with E-state index in [-0.39, 0.29) is 0 Å². The van der Waals surface area contributed by atoms with Crippen LogP contribution in [-0.2, 0) is 6.42 Å². The van der Waals surface area contributed by atoms with E-state index in [1.54, 1.807) is 12.4 Å². The maximum absolute atomic E-state index is 4.86. The topological polar surface area (TPSA) is 38.4 Å². The SMILES string of the molecule is C1=NCCc2cnoc21. The number of nitrogens with zero attached hydrogens (tertiary/aromatic N) is 2. The minimum absolute atomic E-state index is 0.821. The largest absolute Gasteiger partial charge is 0.355 e. The van der Waals surface area contributed by atoms with E-state index in [0.29, 0.717) is 0 Å². The summed E-state index contributed by atoms with van der Waals surface area (Å²) in [4.78, 5) is 4.03. The van der Waals surface area contributed by atoms with E-state index in [9.17, 15) is 0 Å². The van der Waals surface area contributed by atoms with Crippen LogP contribution in [0.5, 0.6) is 0 Å². The molecular weight excluding hydrogens is 116 g/mol. The zero-order chi connectivity index (χ0) is 6.10. The number of aromatic nitrogens is 1. The summed E-state index contributed by atoms with van der Waals surface area (Å²) >= 11 is 0. The molecule has 9 heavy (non-hydrogen) atoms. The first kappa shape index (κ1) is 4.73. The second-order valence-electron chi connectivity index (χ2n) is 2.00. The standard InChI is InChI=1S/C6H6N2O/c1-2-7-4-6-5(1)3-8-9-6/h3-4H,1-2H2. The second-order valence-corrected chi connectivity index (χ2v) is 2.00. The predicted octanol–water partition coefficient (Wildman–Crippen LogP) is 0.650. The number of fused-ring (bicyclic) bond motifs is 1. The molecule has 0 aliphatic carbocycles. The first-order valence-electron chi connectivity index (χ1n) is 2.90. The molecule has 2 rings (SSSR count). The van der Waals surface area contributed by atoms with E-state index in [2.05, 4.69) is 10.1 Å². The van der Waals surface area contributed by atoms with Crippen molar-refractivity contribution in [3.8, 4) is 0 Å². The minimum Gasteiger partial charge on any atom is -0.355 e. The molecule has 3 heteroatoms. The lowest BCUT2D eigenvalue weighted by Crippen LogP contribution is -1.98. The Labute approximate surface area is 52.4 Å². The molecule has 0 aromatic carbocycles. The van der Waals surface area contributed by atoms with Crippen LogP contribution < -0.4 is 0 Å². The van der Waals surface area contributed by atoms with Crippen LogP contribution in [0.4, 0.5) is 0 Å². The normalized spacial score (nSPS) is 15.6. The van der Waals surface area contributed by atoms with Gasteiger partial charge in [0.05, 0.1) is 12.4 Å². The van der Waals surface area contributed by atoms with Gasteiger partial charge in [-0.15, -0.1) is 0 Å². The highest BCUT2D eigenvalue weighted by Crippen LogP contribution is 2.09. The third kappa shape index (κ3) is 0.650. The molecule has 3 nitrogen and oxygen atoms in total. The summed E-state index contributed by atoms with van der Waals surface area (Å²) in [5.41, 5.74) is 1.17. The van der Waals surface area contributed by atoms with Crippen LogP contribution >= 0.6 is 0 Å². The molecule has 0 radical (unpaired) electrons. The van der Waals surface area contributed by atoms with Crippen LogP contribution in [0.2, 0.25) is 0 Å². The Hall–Kier alpha value is -1.12. The fraction of sp³-hybridized carbons (Fsp3) is 0.333. The smallest absolute Gasteiger partial charge is 0.180 e. The molecule has 1 aliphatic rings. The third-order valence-corrected chi connectivity index (χ3v) is 1.39. The van der Waals surface area contributed by atoms with E-state index in [0.717, 1.165) is 18.7 Å². The molecular formula is C6H6N2O. The van der Waals surface area contributed by atoms with Crippen LogP contribution in [0.15, 0.2) is 15.7 Å². The lowest BCUT2D eigenvalue weighted by atomic mass is 10.2. The summed E-state index contributed by atoms with van der Waals surface area (Å²) in [5, 5.41) is 3.64. The van der Waals surface area contributed by atoms with Gasteiger partial charge < -0.3 is 4.52 Å². The molecule has 0 bridgehead atoms. The molecule has 2 heterocycles. The van der Waals surface area contributed by atoms with Gasteiger partial charge in [-0.2, -0.15) is 0 Å². The minimum atomic E-state index is 0.821. The average molecular weight is 122 g/mol. The molecule has 0 unspecified atom stereocenters. The fourth-order valence-electron chi connectivity index (χ4n) is 0.896. The molecule has 0 saturated heterocycles. The summed E-state index contributed by atoms with van der Waals surface area (Å²) < 4.78 is 4.86. The highest BCUT2D eigenvalue weighted by molar-refractivity contribution is 5.78. The van der Waals surface area contributed by atoms with Gasteiger partial charge in [-0.3, -0.25) is 4.99 Å². The first-order chi connectivity index (χ1) is 4.47. The summed E-state index contributed by atoms with van der Waals surface area (Å²) in [6.45, 7) is 0.869.